The second kappa shape index (κ2) is 12.2. The lowest BCUT2D eigenvalue weighted by Crippen LogP contribution is -2.29. The summed E-state index contributed by atoms with van der Waals surface area (Å²) in [6.45, 7) is 9.48. The van der Waals surface area contributed by atoms with Crippen LogP contribution < -0.4 is 20.3 Å². The predicted molar refractivity (Wildman–Crippen MR) is 165 cm³/mol. The first-order valence-corrected chi connectivity index (χ1v) is 13.3. The van der Waals surface area contributed by atoms with Gasteiger partial charge in [-0.2, -0.15) is 0 Å². The highest BCUT2D eigenvalue weighted by molar-refractivity contribution is 6.06. The number of carbonyl (C=O) groups excluding carboxylic acids is 1. The Balaban J connectivity index is 1.72. The van der Waals surface area contributed by atoms with Gasteiger partial charge in [0, 0.05) is 67.7 Å². The SMILES string of the molecule is C=C(C(=O)Nc1cc(Nc2nccc(-c3cn(C)c4ccccc34)n2)c(OC)cc1N(C)CCN(C)C)C(C)C. The van der Waals surface area contributed by atoms with E-state index in [9.17, 15) is 4.79 Å². The zero-order valence-corrected chi connectivity index (χ0v) is 24.4. The molecular weight excluding hydrogens is 502 g/mol. The third-order valence-electron chi connectivity index (χ3n) is 6.92. The maximum Gasteiger partial charge on any atom is 0.251 e. The number of likely N-dealkylation sites (N-methyl/N-ethyl adjacent to an activating group) is 2. The number of aromatic nitrogens is 3. The normalized spacial score (nSPS) is 11.2. The van der Waals surface area contributed by atoms with Crippen LogP contribution in [0.15, 0.2) is 67.0 Å². The maximum absolute atomic E-state index is 13.0. The van der Waals surface area contributed by atoms with Crippen LogP contribution in [-0.4, -0.2) is 66.7 Å². The van der Waals surface area contributed by atoms with Gasteiger partial charge in [0.2, 0.25) is 5.95 Å². The van der Waals surface area contributed by atoms with Crippen molar-refractivity contribution in [1.29, 1.82) is 0 Å². The number of fused-ring (bicyclic) bond motifs is 1. The van der Waals surface area contributed by atoms with E-state index >= 15 is 0 Å². The maximum atomic E-state index is 13.0. The van der Waals surface area contributed by atoms with Crippen LogP contribution in [0.3, 0.4) is 0 Å². The van der Waals surface area contributed by atoms with Gasteiger partial charge >= 0.3 is 0 Å². The van der Waals surface area contributed by atoms with Gasteiger partial charge in [0.15, 0.2) is 0 Å². The number of nitrogens with zero attached hydrogens (tertiary/aromatic N) is 5. The molecule has 0 radical (unpaired) electrons. The van der Waals surface area contributed by atoms with Crippen molar-refractivity contribution < 1.29 is 9.53 Å². The number of hydrogen-bond donors (Lipinski definition) is 2. The van der Waals surface area contributed by atoms with Gasteiger partial charge in [0.1, 0.15) is 5.75 Å². The average Bonchev–Trinajstić information content (AvgIpc) is 3.28. The highest BCUT2D eigenvalue weighted by Crippen LogP contribution is 2.38. The first-order valence-electron chi connectivity index (χ1n) is 13.3. The van der Waals surface area contributed by atoms with Crippen molar-refractivity contribution in [3.05, 3.63) is 67.0 Å². The number of anilines is 4. The van der Waals surface area contributed by atoms with Gasteiger partial charge in [-0.25, -0.2) is 9.97 Å². The van der Waals surface area contributed by atoms with E-state index in [0.717, 1.165) is 40.9 Å². The Hall–Kier alpha value is -4.37. The zero-order valence-electron chi connectivity index (χ0n) is 24.4. The molecule has 0 fully saturated rings. The van der Waals surface area contributed by atoms with Crippen LogP contribution in [-0.2, 0) is 11.8 Å². The molecule has 4 aromatic rings. The average molecular weight is 542 g/mol. The summed E-state index contributed by atoms with van der Waals surface area (Å²) in [5.41, 5.74) is 5.57. The number of rotatable bonds is 11. The lowest BCUT2D eigenvalue weighted by molar-refractivity contribution is -0.113. The van der Waals surface area contributed by atoms with Crippen molar-refractivity contribution in [3.63, 3.8) is 0 Å². The number of para-hydroxylation sites is 1. The molecule has 4 rings (SSSR count). The van der Waals surface area contributed by atoms with Crippen LogP contribution in [0.1, 0.15) is 13.8 Å². The summed E-state index contributed by atoms with van der Waals surface area (Å²) in [4.78, 5) is 26.5. The van der Waals surface area contributed by atoms with E-state index in [1.165, 1.54) is 0 Å². The molecule has 2 N–H and O–H groups in total. The molecule has 2 aromatic carbocycles. The van der Waals surface area contributed by atoms with Crippen molar-refractivity contribution in [2.75, 3.05) is 56.9 Å². The molecule has 0 unspecified atom stereocenters. The summed E-state index contributed by atoms with van der Waals surface area (Å²) in [5.74, 6) is 0.825. The summed E-state index contributed by atoms with van der Waals surface area (Å²) in [5, 5.41) is 7.50. The smallest absolute Gasteiger partial charge is 0.251 e. The monoisotopic (exact) mass is 541 g/mol. The zero-order chi connectivity index (χ0) is 29.0. The molecule has 0 aliphatic rings. The molecule has 0 aliphatic carbocycles. The standard InChI is InChI=1S/C31H39N7O2/c1-20(2)21(3)30(39)33-25-17-26(29(40-8)18-28(25)37(6)16-15-36(4)5)35-31-32-14-13-24(34-31)23-19-38(7)27-12-10-9-11-22(23)27/h9-14,17-20H,3,15-16H2,1-2,4-8H3,(H,33,39)(H,32,34,35). The molecule has 0 aliphatic heterocycles. The van der Waals surface area contributed by atoms with Crippen molar-refractivity contribution in [3.8, 4) is 17.0 Å². The van der Waals surface area contributed by atoms with Crippen LogP contribution in [0.4, 0.5) is 23.0 Å². The number of ether oxygens (including phenoxy) is 1. The lowest BCUT2D eigenvalue weighted by Gasteiger charge is -2.26. The molecule has 0 bridgehead atoms. The van der Waals surface area contributed by atoms with Crippen molar-refractivity contribution in [2.45, 2.75) is 13.8 Å². The number of carbonyl (C=O) groups is 1. The third kappa shape index (κ3) is 6.26. The molecule has 9 heteroatoms. The summed E-state index contributed by atoms with van der Waals surface area (Å²) in [6, 6.07) is 13.9. The topological polar surface area (TPSA) is 87.5 Å². The fourth-order valence-electron chi connectivity index (χ4n) is 4.42. The molecule has 2 aromatic heterocycles. The Kier molecular flexibility index (Phi) is 8.74. The minimum absolute atomic E-state index is 0.0240. The van der Waals surface area contributed by atoms with E-state index in [1.54, 1.807) is 13.3 Å². The Morgan fingerprint density at radius 3 is 2.55 bits per heavy atom. The number of methoxy groups -OCH3 is 1. The van der Waals surface area contributed by atoms with E-state index in [1.807, 2.05) is 72.4 Å². The number of amides is 1. The van der Waals surface area contributed by atoms with E-state index in [2.05, 4.69) is 54.9 Å². The Labute approximate surface area is 236 Å². The third-order valence-corrected chi connectivity index (χ3v) is 6.92. The molecule has 2 heterocycles. The molecule has 0 saturated carbocycles. The predicted octanol–water partition coefficient (Wildman–Crippen LogP) is 5.54. The molecule has 0 spiro atoms. The number of hydrogen-bond acceptors (Lipinski definition) is 7. The molecule has 0 saturated heterocycles. The fraction of sp³-hybridized carbons (Fsp3) is 0.323. The highest BCUT2D eigenvalue weighted by atomic mass is 16.5. The van der Waals surface area contributed by atoms with Crippen molar-refractivity contribution in [2.24, 2.45) is 13.0 Å². The second-order valence-corrected chi connectivity index (χ2v) is 10.5. The fourth-order valence-corrected chi connectivity index (χ4v) is 4.42. The Morgan fingerprint density at radius 1 is 1.10 bits per heavy atom. The second-order valence-electron chi connectivity index (χ2n) is 10.5. The minimum Gasteiger partial charge on any atom is -0.494 e. The van der Waals surface area contributed by atoms with Crippen LogP contribution in [0, 0.1) is 5.92 Å². The lowest BCUT2D eigenvalue weighted by atomic mass is 10.0. The number of aryl methyl sites for hydroxylation is 1. The molecule has 210 valence electrons. The first-order chi connectivity index (χ1) is 19.1. The summed E-state index contributed by atoms with van der Waals surface area (Å²) >= 11 is 0. The van der Waals surface area contributed by atoms with Crippen LogP contribution >= 0.6 is 0 Å². The van der Waals surface area contributed by atoms with Gasteiger partial charge < -0.3 is 29.7 Å². The van der Waals surface area contributed by atoms with E-state index in [-0.39, 0.29) is 11.8 Å². The summed E-state index contributed by atoms with van der Waals surface area (Å²) in [6.07, 6.45) is 3.81. The largest absolute Gasteiger partial charge is 0.494 e. The van der Waals surface area contributed by atoms with Gasteiger partial charge in [-0.15, -0.1) is 0 Å². The molecule has 0 atom stereocenters. The highest BCUT2D eigenvalue weighted by Gasteiger charge is 2.19. The Morgan fingerprint density at radius 2 is 1.85 bits per heavy atom. The van der Waals surface area contributed by atoms with Gasteiger partial charge in [-0.05, 0) is 38.2 Å². The molecule has 40 heavy (non-hydrogen) atoms. The Bertz CT molecular complexity index is 1520. The quantitative estimate of drug-likeness (QED) is 0.241. The van der Waals surface area contributed by atoms with Gasteiger partial charge in [-0.3, -0.25) is 4.79 Å². The van der Waals surface area contributed by atoms with E-state index in [4.69, 9.17) is 9.72 Å². The van der Waals surface area contributed by atoms with E-state index in [0.29, 0.717) is 28.6 Å². The summed E-state index contributed by atoms with van der Waals surface area (Å²) < 4.78 is 7.86. The number of benzene rings is 2. The minimum atomic E-state index is -0.220. The molecule has 9 nitrogen and oxygen atoms in total. The molecule has 1 amide bonds. The van der Waals surface area contributed by atoms with Crippen LogP contribution in [0.25, 0.3) is 22.2 Å². The number of nitrogens with one attached hydrogen (secondary N) is 2. The van der Waals surface area contributed by atoms with Gasteiger partial charge in [-0.1, -0.05) is 38.6 Å². The van der Waals surface area contributed by atoms with E-state index < -0.39 is 0 Å². The molecular formula is C31H39N7O2. The van der Waals surface area contributed by atoms with Crippen molar-refractivity contribution in [1.82, 2.24) is 19.4 Å². The summed E-state index contributed by atoms with van der Waals surface area (Å²) in [7, 11) is 9.70. The van der Waals surface area contributed by atoms with Gasteiger partial charge in [0.25, 0.3) is 5.91 Å². The van der Waals surface area contributed by atoms with Crippen LogP contribution in [0.5, 0.6) is 5.75 Å². The van der Waals surface area contributed by atoms with Crippen molar-refractivity contribution >= 4 is 39.8 Å². The van der Waals surface area contributed by atoms with Gasteiger partial charge in [0.05, 0.1) is 29.9 Å². The van der Waals surface area contributed by atoms with Crippen LogP contribution in [0.2, 0.25) is 0 Å². The first kappa shape index (κ1) is 28.6.